The molecule has 3 aromatic rings. The van der Waals surface area contributed by atoms with Crippen molar-refractivity contribution >= 4 is 23.9 Å². The van der Waals surface area contributed by atoms with Crippen molar-refractivity contribution in [3.63, 3.8) is 0 Å². The van der Waals surface area contributed by atoms with Crippen LogP contribution < -0.4 is 10.6 Å². The maximum absolute atomic E-state index is 12.3. The van der Waals surface area contributed by atoms with E-state index in [4.69, 9.17) is 14.2 Å². The van der Waals surface area contributed by atoms with E-state index in [-0.39, 0.29) is 17.2 Å². The second-order valence-electron chi connectivity index (χ2n) is 15.3. The molecule has 3 aromatic heterocycles. The average Bonchev–Trinajstić information content (AvgIpc) is 3.45. The summed E-state index contributed by atoms with van der Waals surface area (Å²) in [4.78, 5) is 72.0. The maximum Gasteiger partial charge on any atom is 0.408 e. The molecule has 3 heterocycles. The number of carbonyl (C=O) groups is 4. The van der Waals surface area contributed by atoms with Gasteiger partial charge >= 0.3 is 18.2 Å². The number of alkyl carbamates (subject to hydrolysis) is 2. The van der Waals surface area contributed by atoms with E-state index >= 15 is 0 Å². The number of nitrogens with one attached hydrogen (secondary N) is 3. The number of aromatic amines is 1. The first-order valence-corrected chi connectivity index (χ1v) is 15.7. The van der Waals surface area contributed by atoms with E-state index in [2.05, 4.69) is 40.5 Å². The van der Waals surface area contributed by atoms with Gasteiger partial charge < -0.3 is 29.8 Å². The predicted molar refractivity (Wildman–Crippen MR) is 181 cm³/mol. The van der Waals surface area contributed by atoms with Crippen LogP contribution in [0, 0.1) is 10.8 Å². The number of ether oxygens (including phenoxy) is 3. The predicted octanol–water partition coefficient (Wildman–Crippen LogP) is 5.62. The number of ketones is 1. The minimum Gasteiger partial charge on any atom is -0.456 e. The Kier molecular flexibility index (Phi) is 13.5. The van der Waals surface area contributed by atoms with Gasteiger partial charge in [-0.3, -0.25) is 19.7 Å². The third-order valence-corrected chi connectivity index (χ3v) is 6.19. The maximum atomic E-state index is 12.3. The fourth-order valence-corrected chi connectivity index (χ4v) is 3.96. The van der Waals surface area contributed by atoms with Crippen molar-refractivity contribution < 1.29 is 33.4 Å². The monoisotopic (exact) mass is 682 g/mol. The van der Waals surface area contributed by atoms with E-state index in [1.54, 1.807) is 66.3 Å². The summed E-state index contributed by atoms with van der Waals surface area (Å²) in [6.07, 6.45) is 9.47. The highest BCUT2D eigenvalue weighted by Crippen LogP contribution is 2.32. The molecule has 0 aliphatic heterocycles. The lowest BCUT2D eigenvalue weighted by atomic mass is 9.86. The van der Waals surface area contributed by atoms with Crippen molar-refractivity contribution in [3.8, 4) is 11.4 Å². The highest BCUT2D eigenvalue weighted by molar-refractivity contribution is 5.96. The van der Waals surface area contributed by atoms with Crippen molar-refractivity contribution in [1.82, 2.24) is 40.5 Å². The van der Waals surface area contributed by atoms with Crippen LogP contribution in [0.2, 0.25) is 0 Å². The zero-order chi connectivity index (χ0) is 37.2. The first kappa shape index (κ1) is 40.2. The zero-order valence-electron chi connectivity index (χ0n) is 30.5. The molecule has 2 atom stereocenters. The lowest BCUT2D eigenvalue weighted by molar-refractivity contribution is -0.147. The van der Waals surface area contributed by atoms with Gasteiger partial charge in [0.15, 0.2) is 6.61 Å². The molecule has 15 heteroatoms. The molecule has 0 aliphatic rings. The van der Waals surface area contributed by atoms with E-state index in [0.717, 1.165) is 5.69 Å². The minimum atomic E-state index is -0.975. The Morgan fingerprint density at radius 3 is 1.71 bits per heavy atom. The molecular weight excluding hydrogens is 632 g/mol. The molecule has 0 unspecified atom stereocenters. The normalized spacial score (nSPS) is 13.1. The number of aromatic nitrogens is 6. The van der Waals surface area contributed by atoms with Gasteiger partial charge in [-0.2, -0.15) is 0 Å². The average molecular weight is 683 g/mol. The molecular formula is C34H50N8O7. The number of rotatable bonds is 8. The number of Topliss-reactive ketones (excluding diaryl/α,β-unsaturated/α-hetero) is 1. The number of hydrogen-bond acceptors (Lipinski definition) is 12. The van der Waals surface area contributed by atoms with Crippen molar-refractivity contribution in [2.45, 2.75) is 106 Å². The zero-order valence-corrected chi connectivity index (χ0v) is 30.5. The van der Waals surface area contributed by atoms with Crippen LogP contribution in [0.4, 0.5) is 9.59 Å². The summed E-state index contributed by atoms with van der Waals surface area (Å²) in [5.74, 6) is -0.559. The van der Waals surface area contributed by atoms with Crippen LogP contribution >= 0.6 is 0 Å². The summed E-state index contributed by atoms with van der Waals surface area (Å²) in [5, 5.41) is 5.41. The molecule has 0 bridgehead atoms. The molecule has 0 spiro atoms. The van der Waals surface area contributed by atoms with Gasteiger partial charge in [0.05, 0.1) is 30.3 Å². The quantitative estimate of drug-likeness (QED) is 0.151. The Labute approximate surface area is 287 Å². The lowest BCUT2D eigenvalue weighted by Gasteiger charge is -2.31. The number of imidazole rings is 1. The third-order valence-electron chi connectivity index (χ3n) is 6.19. The fraction of sp³-hybridized carbons (Fsp3) is 0.559. The van der Waals surface area contributed by atoms with Gasteiger partial charge in [-0.15, -0.1) is 0 Å². The van der Waals surface area contributed by atoms with Gasteiger partial charge in [0.25, 0.3) is 0 Å². The molecule has 0 fully saturated rings. The summed E-state index contributed by atoms with van der Waals surface area (Å²) >= 11 is 0. The van der Waals surface area contributed by atoms with Crippen molar-refractivity contribution in [3.05, 3.63) is 54.9 Å². The summed E-state index contributed by atoms with van der Waals surface area (Å²) in [7, 11) is 0. The van der Waals surface area contributed by atoms with Gasteiger partial charge in [-0.1, -0.05) is 41.5 Å². The Morgan fingerprint density at radius 1 is 0.694 bits per heavy atom. The molecule has 0 radical (unpaired) electrons. The number of esters is 1. The fourth-order valence-electron chi connectivity index (χ4n) is 3.96. The summed E-state index contributed by atoms with van der Waals surface area (Å²) in [6.45, 7) is 21.5. The third kappa shape index (κ3) is 14.4. The Hall–Kier alpha value is -4.95. The number of nitrogens with zero attached hydrogens (tertiary/aromatic N) is 5. The van der Waals surface area contributed by atoms with Crippen molar-refractivity contribution in [1.29, 1.82) is 0 Å². The minimum absolute atomic E-state index is 0.0997. The van der Waals surface area contributed by atoms with Crippen LogP contribution in [0.5, 0.6) is 0 Å². The highest BCUT2D eigenvalue weighted by atomic mass is 16.6. The van der Waals surface area contributed by atoms with Crippen LogP contribution in [0.15, 0.2) is 43.4 Å². The topological polar surface area (TPSA) is 200 Å². The molecule has 3 N–H and O–H groups in total. The number of carbonyl (C=O) groups excluding carboxylic acids is 4. The number of H-pyrrole nitrogens is 1. The van der Waals surface area contributed by atoms with Crippen LogP contribution in [0.25, 0.3) is 11.4 Å². The Morgan fingerprint density at radius 2 is 1.24 bits per heavy atom. The van der Waals surface area contributed by atoms with E-state index in [1.165, 1.54) is 18.6 Å². The molecule has 49 heavy (non-hydrogen) atoms. The summed E-state index contributed by atoms with van der Waals surface area (Å²) < 4.78 is 15.6. The first-order chi connectivity index (χ1) is 22.5. The molecule has 3 rings (SSSR count). The van der Waals surface area contributed by atoms with Gasteiger partial charge in [-0.25, -0.2) is 24.4 Å². The SMILES string of the molecule is CC(C)(C)OC(=O)N[C@@H](C(=O)OCC(=O)c1cnccn1)C(C)(C)C.CC(C)(C)OC(=O)N[C@@H](c1ncc(-c2cnccn2)[nH]1)C(C)(C)C. The van der Waals surface area contributed by atoms with Gasteiger partial charge in [0.1, 0.15) is 34.5 Å². The van der Waals surface area contributed by atoms with Gasteiger partial charge in [-0.05, 0) is 52.4 Å². The second kappa shape index (κ2) is 16.4. The lowest BCUT2D eigenvalue weighted by Crippen LogP contribution is -2.51. The molecule has 15 nitrogen and oxygen atoms in total. The number of hydrogen-bond donors (Lipinski definition) is 3. The van der Waals surface area contributed by atoms with Gasteiger partial charge in [0.2, 0.25) is 5.78 Å². The van der Waals surface area contributed by atoms with Crippen molar-refractivity contribution in [2.75, 3.05) is 6.61 Å². The highest BCUT2D eigenvalue weighted by Gasteiger charge is 2.36. The standard InChI is InChI=1S/C17H25N5O2.C17H25N3O5/c1-16(2,3)13(22-15(23)24-17(4,5)6)14-20-10-12(21-14)11-9-18-7-8-19-11;1-16(2,3)13(20-15(23)25-17(4,5)6)14(22)24-10-12(21)11-9-18-7-8-19-11/h7-10,13H,1-6H3,(H,20,21)(H,22,23);7-9,13H,10H2,1-6H3,(H,20,23)/t2*13-/m00/s1. The Balaban J connectivity index is 0.000000340. The largest absolute Gasteiger partial charge is 0.456 e. The molecule has 0 saturated carbocycles. The molecule has 2 amide bonds. The molecule has 0 aromatic carbocycles. The van der Waals surface area contributed by atoms with E-state index < -0.39 is 53.2 Å². The van der Waals surface area contributed by atoms with Crippen LogP contribution in [0.1, 0.15) is 105 Å². The molecule has 0 saturated heterocycles. The van der Waals surface area contributed by atoms with E-state index in [0.29, 0.717) is 11.5 Å². The molecule has 268 valence electrons. The first-order valence-electron chi connectivity index (χ1n) is 15.7. The van der Waals surface area contributed by atoms with Gasteiger partial charge in [0, 0.05) is 24.8 Å². The van der Waals surface area contributed by atoms with Crippen LogP contribution in [-0.2, 0) is 19.0 Å². The van der Waals surface area contributed by atoms with E-state index in [9.17, 15) is 19.2 Å². The van der Waals surface area contributed by atoms with E-state index in [1.807, 2.05) is 41.5 Å². The smallest absolute Gasteiger partial charge is 0.408 e. The van der Waals surface area contributed by atoms with Crippen LogP contribution in [-0.4, -0.2) is 77.7 Å². The van der Waals surface area contributed by atoms with Crippen LogP contribution in [0.3, 0.4) is 0 Å². The number of amides is 2. The molecule has 0 aliphatic carbocycles. The summed E-state index contributed by atoms with van der Waals surface area (Å²) in [5.41, 5.74) is -0.598. The second-order valence-corrected chi connectivity index (χ2v) is 15.3. The summed E-state index contributed by atoms with van der Waals surface area (Å²) in [6, 6.07) is -1.31. The Bertz CT molecular complexity index is 1530. The van der Waals surface area contributed by atoms with Crippen molar-refractivity contribution in [2.24, 2.45) is 10.8 Å².